The Morgan fingerprint density at radius 2 is 1.95 bits per heavy atom. The van der Waals surface area contributed by atoms with Crippen LogP contribution in [0, 0.1) is 13.8 Å². The van der Waals surface area contributed by atoms with Crippen molar-refractivity contribution in [2.45, 2.75) is 26.2 Å². The van der Waals surface area contributed by atoms with Gasteiger partial charge in [-0.15, -0.1) is 0 Å². The molecule has 0 amide bonds. The van der Waals surface area contributed by atoms with Gasteiger partial charge >= 0.3 is 0 Å². The largest absolute Gasteiger partial charge is 0.492 e. The maximum Gasteiger partial charge on any atom is 0.148 e. The number of carbonyl (C=O) groups excluding carboxylic acids is 1. The van der Waals surface area contributed by atoms with E-state index in [0.29, 0.717) is 13.0 Å². The molecule has 1 atom stereocenters. The molecule has 0 saturated carbocycles. The number of rotatable bonds is 3. The summed E-state index contributed by atoms with van der Waals surface area (Å²) in [6, 6.07) is 14.1. The van der Waals surface area contributed by atoms with E-state index in [9.17, 15) is 4.79 Å². The van der Waals surface area contributed by atoms with Crippen molar-refractivity contribution in [3.05, 3.63) is 64.7 Å². The van der Waals surface area contributed by atoms with E-state index < -0.39 is 0 Å². The van der Waals surface area contributed by atoms with Crippen LogP contribution in [-0.2, 0) is 11.2 Å². The zero-order chi connectivity index (χ0) is 14.1. The SMILES string of the molecule is Cc1ccc(CC(=O)C2COc3ccccc32)cc1C. The Morgan fingerprint density at radius 1 is 1.15 bits per heavy atom. The highest BCUT2D eigenvalue weighted by Crippen LogP contribution is 2.34. The van der Waals surface area contributed by atoms with Crippen molar-refractivity contribution in [2.24, 2.45) is 0 Å². The minimum Gasteiger partial charge on any atom is -0.492 e. The first kappa shape index (κ1) is 12.9. The highest BCUT2D eigenvalue weighted by molar-refractivity contribution is 5.89. The van der Waals surface area contributed by atoms with E-state index in [2.05, 4.69) is 26.0 Å². The molecule has 1 heterocycles. The summed E-state index contributed by atoms with van der Waals surface area (Å²) in [5, 5.41) is 0. The molecule has 0 N–H and O–H groups in total. The Hall–Kier alpha value is -2.09. The topological polar surface area (TPSA) is 26.3 Å². The van der Waals surface area contributed by atoms with Crippen LogP contribution in [0.15, 0.2) is 42.5 Å². The summed E-state index contributed by atoms with van der Waals surface area (Å²) in [5.41, 5.74) is 4.61. The number of para-hydroxylation sites is 1. The van der Waals surface area contributed by atoms with Crippen LogP contribution in [-0.4, -0.2) is 12.4 Å². The molecule has 3 rings (SSSR count). The van der Waals surface area contributed by atoms with Gasteiger partial charge in [-0.25, -0.2) is 0 Å². The molecule has 0 bridgehead atoms. The van der Waals surface area contributed by atoms with Gasteiger partial charge in [0.2, 0.25) is 0 Å². The average molecular weight is 266 g/mol. The summed E-state index contributed by atoms with van der Waals surface area (Å²) < 4.78 is 5.59. The first-order valence-electron chi connectivity index (χ1n) is 6.96. The fraction of sp³-hybridized carbons (Fsp3) is 0.278. The predicted molar refractivity (Wildman–Crippen MR) is 79.3 cm³/mol. The van der Waals surface area contributed by atoms with Crippen LogP contribution in [0.1, 0.15) is 28.2 Å². The maximum absolute atomic E-state index is 12.5. The highest BCUT2D eigenvalue weighted by Gasteiger charge is 2.29. The molecule has 0 aliphatic carbocycles. The molecule has 2 nitrogen and oxygen atoms in total. The van der Waals surface area contributed by atoms with E-state index in [4.69, 9.17) is 4.74 Å². The van der Waals surface area contributed by atoms with Crippen LogP contribution in [0.2, 0.25) is 0 Å². The lowest BCUT2D eigenvalue weighted by atomic mass is 9.92. The Labute approximate surface area is 119 Å². The summed E-state index contributed by atoms with van der Waals surface area (Å²) in [6.45, 7) is 4.64. The van der Waals surface area contributed by atoms with Gasteiger partial charge < -0.3 is 4.74 Å². The minimum atomic E-state index is -0.118. The van der Waals surface area contributed by atoms with Crippen molar-refractivity contribution in [2.75, 3.05) is 6.61 Å². The zero-order valence-corrected chi connectivity index (χ0v) is 11.8. The molecule has 2 aromatic rings. The molecule has 102 valence electrons. The number of Topliss-reactive ketones (excluding diaryl/α,β-unsaturated/α-hetero) is 1. The van der Waals surface area contributed by atoms with Crippen LogP contribution < -0.4 is 4.74 Å². The van der Waals surface area contributed by atoms with Gasteiger partial charge in [-0.2, -0.15) is 0 Å². The van der Waals surface area contributed by atoms with Crippen molar-refractivity contribution in [3.8, 4) is 5.75 Å². The van der Waals surface area contributed by atoms with Crippen LogP contribution in [0.3, 0.4) is 0 Å². The number of fused-ring (bicyclic) bond motifs is 1. The average Bonchev–Trinajstić information content (AvgIpc) is 2.87. The van der Waals surface area contributed by atoms with Gasteiger partial charge in [-0.1, -0.05) is 36.4 Å². The van der Waals surface area contributed by atoms with Gasteiger partial charge in [0.05, 0.1) is 5.92 Å². The third kappa shape index (κ3) is 2.34. The number of hydrogen-bond donors (Lipinski definition) is 0. The molecule has 0 aromatic heterocycles. The summed E-state index contributed by atoms with van der Waals surface area (Å²) in [6.07, 6.45) is 0.476. The third-order valence-corrected chi connectivity index (χ3v) is 4.04. The first-order valence-corrected chi connectivity index (χ1v) is 6.96. The van der Waals surface area contributed by atoms with Crippen LogP contribution in [0.25, 0.3) is 0 Å². The molecule has 1 unspecified atom stereocenters. The quantitative estimate of drug-likeness (QED) is 0.848. The van der Waals surface area contributed by atoms with Gasteiger partial charge in [0.15, 0.2) is 0 Å². The molecular formula is C18H18O2. The van der Waals surface area contributed by atoms with E-state index in [1.54, 1.807) is 0 Å². The standard InChI is InChI=1S/C18H18O2/c1-12-7-8-14(9-13(12)2)10-17(19)16-11-20-18-6-4-3-5-15(16)18/h3-9,16H,10-11H2,1-2H3. The van der Waals surface area contributed by atoms with E-state index in [0.717, 1.165) is 16.9 Å². The highest BCUT2D eigenvalue weighted by atomic mass is 16.5. The van der Waals surface area contributed by atoms with E-state index >= 15 is 0 Å². The van der Waals surface area contributed by atoms with Gasteiger partial charge in [-0.3, -0.25) is 4.79 Å². The Bertz CT molecular complexity index is 658. The third-order valence-electron chi connectivity index (χ3n) is 4.04. The maximum atomic E-state index is 12.5. The molecule has 0 saturated heterocycles. The molecule has 0 radical (unpaired) electrons. The molecule has 1 aliphatic rings. The second kappa shape index (κ2) is 5.12. The fourth-order valence-electron chi connectivity index (χ4n) is 2.67. The van der Waals surface area contributed by atoms with Gasteiger partial charge in [0.1, 0.15) is 18.1 Å². The molecule has 20 heavy (non-hydrogen) atoms. The van der Waals surface area contributed by atoms with Crippen molar-refractivity contribution >= 4 is 5.78 Å². The lowest BCUT2D eigenvalue weighted by Crippen LogP contribution is -2.16. The Morgan fingerprint density at radius 3 is 2.75 bits per heavy atom. The first-order chi connectivity index (χ1) is 9.65. The minimum absolute atomic E-state index is 0.118. The number of hydrogen-bond acceptors (Lipinski definition) is 2. The van der Waals surface area contributed by atoms with Gasteiger partial charge in [0, 0.05) is 12.0 Å². The molecular weight excluding hydrogens is 248 g/mol. The number of benzene rings is 2. The van der Waals surface area contributed by atoms with E-state index in [-0.39, 0.29) is 11.7 Å². The van der Waals surface area contributed by atoms with Crippen molar-refractivity contribution in [1.82, 2.24) is 0 Å². The Balaban J connectivity index is 1.79. The van der Waals surface area contributed by atoms with Crippen LogP contribution >= 0.6 is 0 Å². The second-order valence-corrected chi connectivity index (χ2v) is 5.46. The molecule has 2 aromatic carbocycles. The van der Waals surface area contributed by atoms with Crippen molar-refractivity contribution < 1.29 is 9.53 Å². The summed E-state index contributed by atoms with van der Waals surface area (Å²) in [5.74, 6) is 0.969. The van der Waals surface area contributed by atoms with Gasteiger partial charge in [0.25, 0.3) is 0 Å². The monoisotopic (exact) mass is 266 g/mol. The van der Waals surface area contributed by atoms with Crippen LogP contribution in [0.5, 0.6) is 5.75 Å². The summed E-state index contributed by atoms with van der Waals surface area (Å²) >= 11 is 0. The second-order valence-electron chi connectivity index (χ2n) is 5.46. The normalized spacial score (nSPS) is 16.6. The van der Waals surface area contributed by atoms with E-state index in [1.807, 2.05) is 30.3 Å². The Kier molecular flexibility index (Phi) is 3.31. The number of carbonyl (C=O) groups is 1. The summed E-state index contributed by atoms with van der Waals surface area (Å²) in [4.78, 5) is 12.5. The molecule has 2 heteroatoms. The fourth-order valence-corrected chi connectivity index (χ4v) is 2.67. The molecule has 0 fully saturated rings. The van der Waals surface area contributed by atoms with Gasteiger partial charge in [-0.05, 0) is 36.6 Å². The number of ether oxygens (including phenoxy) is 1. The predicted octanol–water partition coefficient (Wildman–Crippen LogP) is 3.59. The smallest absolute Gasteiger partial charge is 0.148 e. The lowest BCUT2D eigenvalue weighted by molar-refractivity contribution is -0.120. The van der Waals surface area contributed by atoms with Crippen molar-refractivity contribution in [1.29, 1.82) is 0 Å². The van der Waals surface area contributed by atoms with Crippen LogP contribution in [0.4, 0.5) is 0 Å². The number of ketones is 1. The summed E-state index contributed by atoms with van der Waals surface area (Å²) in [7, 11) is 0. The molecule has 1 aliphatic heterocycles. The lowest BCUT2D eigenvalue weighted by Gasteiger charge is -2.09. The zero-order valence-electron chi connectivity index (χ0n) is 11.8. The molecule has 0 spiro atoms. The number of aryl methyl sites for hydroxylation is 2. The van der Waals surface area contributed by atoms with E-state index in [1.165, 1.54) is 11.1 Å². The van der Waals surface area contributed by atoms with Crippen molar-refractivity contribution in [3.63, 3.8) is 0 Å².